The van der Waals surface area contributed by atoms with Crippen molar-refractivity contribution in [2.24, 2.45) is 0 Å². The van der Waals surface area contributed by atoms with Gasteiger partial charge in [0.25, 0.3) is 0 Å². The summed E-state index contributed by atoms with van der Waals surface area (Å²) in [6.07, 6.45) is 0.817. The number of nitrogens with one attached hydrogen (secondary N) is 1. The van der Waals surface area contributed by atoms with Crippen LogP contribution in [0.15, 0.2) is 18.3 Å². The lowest BCUT2D eigenvalue weighted by molar-refractivity contribution is 0.0527. The first-order chi connectivity index (χ1) is 10.4. The van der Waals surface area contributed by atoms with Gasteiger partial charge < -0.3 is 15.2 Å². The molecule has 1 heterocycles. The van der Waals surface area contributed by atoms with Crippen molar-refractivity contribution in [1.82, 2.24) is 4.98 Å². The van der Waals surface area contributed by atoms with Gasteiger partial charge in [0.1, 0.15) is 5.56 Å². The number of hydrogen-bond acceptors (Lipinski definition) is 5. The number of hydrogen-bond donors (Lipinski definition) is 2. The predicted octanol–water partition coefficient (Wildman–Crippen LogP) is 3.51. The highest BCUT2D eigenvalue weighted by molar-refractivity contribution is 6.38. The summed E-state index contributed by atoms with van der Waals surface area (Å²) in [6, 6.07) is 3.25. The van der Waals surface area contributed by atoms with Crippen molar-refractivity contribution >= 4 is 45.8 Å². The molecule has 7 heteroatoms. The summed E-state index contributed by atoms with van der Waals surface area (Å²) < 4.78 is 5.04. The van der Waals surface area contributed by atoms with Gasteiger partial charge in [-0.1, -0.05) is 23.2 Å². The highest BCUT2D eigenvalue weighted by Crippen LogP contribution is 2.33. The second-order valence-electron chi connectivity index (χ2n) is 4.78. The third-order valence-electron chi connectivity index (χ3n) is 2.96. The van der Waals surface area contributed by atoms with Gasteiger partial charge in [0.15, 0.2) is 0 Å². The Morgan fingerprint density at radius 3 is 2.82 bits per heavy atom. The molecule has 5 nitrogen and oxygen atoms in total. The first-order valence-electron chi connectivity index (χ1n) is 6.80. The fourth-order valence-corrected chi connectivity index (χ4v) is 2.57. The van der Waals surface area contributed by atoms with E-state index in [2.05, 4.69) is 10.3 Å². The summed E-state index contributed by atoms with van der Waals surface area (Å²) in [5, 5.41) is 13.9. The van der Waals surface area contributed by atoms with Crippen molar-refractivity contribution in [1.29, 1.82) is 0 Å². The second kappa shape index (κ2) is 7.13. The molecule has 0 aliphatic rings. The van der Waals surface area contributed by atoms with Gasteiger partial charge in [-0.25, -0.2) is 4.79 Å². The standard InChI is InChI=1S/C15H16Cl2N2O3/c1-3-22-15(21)11-7-19-14-10(4-9(16)5-12(14)17)13(11)18-6-8(2)20/h4-5,7-8,20H,3,6H2,1-2H3,(H,18,19)/t8-/m1/s1. The summed E-state index contributed by atoms with van der Waals surface area (Å²) in [4.78, 5) is 16.3. The lowest BCUT2D eigenvalue weighted by Gasteiger charge is -2.15. The quantitative estimate of drug-likeness (QED) is 0.813. The maximum atomic E-state index is 12.1. The summed E-state index contributed by atoms with van der Waals surface area (Å²) in [7, 11) is 0. The molecule has 0 fully saturated rings. The van der Waals surface area contributed by atoms with Crippen LogP contribution in [0.1, 0.15) is 24.2 Å². The maximum Gasteiger partial charge on any atom is 0.341 e. The number of esters is 1. The minimum atomic E-state index is -0.590. The molecule has 0 spiro atoms. The second-order valence-corrected chi connectivity index (χ2v) is 5.62. The van der Waals surface area contributed by atoms with Crippen LogP contribution < -0.4 is 5.32 Å². The van der Waals surface area contributed by atoms with Crippen LogP contribution in [0.5, 0.6) is 0 Å². The number of ether oxygens (including phenoxy) is 1. The molecule has 2 aromatic rings. The zero-order valence-electron chi connectivity index (χ0n) is 12.2. The smallest absolute Gasteiger partial charge is 0.341 e. The van der Waals surface area contributed by atoms with Gasteiger partial charge in [-0.3, -0.25) is 4.98 Å². The van der Waals surface area contributed by atoms with Gasteiger partial charge in [0.05, 0.1) is 28.9 Å². The number of carbonyl (C=O) groups excluding carboxylic acids is 1. The number of pyridine rings is 1. The Hall–Kier alpha value is -1.56. The summed E-state index contributed by atoms with van der Waals surface area (Å²) in [6.45, 7) is 3.88. The number of aliphatic hydroxyl groups excluding tert-OH is 1. The SMILES string of the molecule is CCOC(=O)c1cnc2c(Cl)cc(Cl)cc2c1NC[C@@H](C)O. The number of fused-ring (bicyclic) bond motifs is 1. The maximum absolute atomic E-state index is 12.1. The van der Waals surface area contributed by atoms with E-state index in [0.29, 0.717) is 26.6 Å². The Balaban J connectivity index is 2.63. The van der Waals surface area contributed by atoms with Crippen LogP contribution in [-0.4, -0.2) is 35.3 Å². The molecule has 0 saturated heterocycles. The summed E-state index contributed by atoms with van der Waals surface area (Å²) in [5.74, 6) is -0.499. The number of aliphatic hydroxyl groups is 1. The number of carbonyl (C=O) groups is 1. The number of benzene rings is 1. The Bertz CT molecular complexity index is 705. The monoisotopic (exact) mass is 342 g/mol. The lowest BCUT2D eigenvalue weighted by atomic mass is 10.1. The van der Waals surface area contributed by atoms with Gasteiger partial charge in [0, 0.05) is 23.2 Å². The van der Waals surface area contributed by atoms with E-state index in [9.17, 15) is 9.90 Å². The molecule has 1 atom stereocenters. The van der Waals surface area contributed by atoms with Crippen LogP contribution in [0.3, 0.4) is 0 Å². The van der Waals surface area contributed by atoms with Crippen molar-refractivity contribution in [3.63, 3.8) is 0 Å². The number of nitrogens with zero attached hydrogens (tertiary/aromatic N) is 1. The first-order valence-corrected chi connectivity index (χ1v) is 7.56. The fourth-order valence-electron chi connectivity index (χ4n) is 2.03. The Labute approximate surface area is 138 Å². The highest BCUT2D eigenvalue weighted by atomic mass is 35.5. The minimum Gasteiger partial charge on any atom is -0.462 e. The normalized spacial score (nSPS) is 12.2. The molecule has 1 aromatic heterocycles. The topological polar surface area (TPSA) is 71.5 Å². The van der Waals surface area contributed by atoms with Crippen molar-refractivity contribution in [3.8, 4) is 0 Å². The van der Waals surface area contributed by atoms with E-state index in [0.717, 1.165) is 0 Å². The largest absolute Gasteiger partial charge is 0.462 e. The van der Waals surface area contributed by atoms with Crippen LogP contribution in [0.2, 0.25) is 10.0 Å². The number of aromatic nitrogens is 1. The van der Waals surface area contributed by atoms with E-state index in [1.54, 1.807) is 26.0 Å². The minimum absolute atomic E-state index is 0.253. The predicted molar refractivity (Wildman–Crippen MR) is 87.9 cm³/mol. The van der Waals surface area contributed by atoms with E-state index in [-0.39, 0.29) is 18.7 Å². The van der Waals surface area contributed by atoms with E-state index < -0.39 is 12.1 Å². The summed E-state index contributed by atoms with van der Waals surface area (Å²) >= 11 is 12.2. The molecular weight excluding hydrogens is 327 g/mol. The lowest BCUT2D eigenvalue weighted by Crippen LogP contribution is -2.18. The molecule has 0 unspecified atom stereocenters. The van der Waals surface area contributed by atoms with Gasteiger partial charge in [-0.05, 0) is 26.0 Å². The zero-order valence-corrected chi connectivity index (χ0v) is 13.7. The fraction of sp³-hybridized carbons (Fsp3) is 0.333. The van der Waals surface area contributed by atoms with Crippen LogP contribution in [0, 0.1) is 0 Å². The average molecular weight is 343 g/mol. The third kappa shape index (κ3) is 3.61. The number of anilines is 1. The van der Waals surface area contributed by atoms with Crippen LogP contribution >= 0.6 is 23.2 Å². The van der Waals surface area contributed by atoms with E-state index in [1.807, 2.05) is 0 Å². The van der Waals surface area contributed by atoms with Gasteiger partial charge in [-0.2, -0.15) is 0 Å². The molecule has 1 aromatic carbocycles. The van der Waals surface area contributed by atoms with Crippen molar-refractivity contribution in [2.45, 2.75) is 20.0 Å². The molecule has 0 aliphatic carbocycles. The Kier molecular flexibility index (Phi) is 5.45. The first kappa shape index (κ1) is 16.8. The third-order valence-corrected chi connectivity index (χ3v) is 3.47. The molecule has 0 amide bonds. The van der Waals surface area contributed by atoms with E-state index >= 15 is 0 Å². The molecule has 0 bridgehead atoms. The molecular formula is C15H16Cl2N2O3. The molecule has 22 heavy (non-hydrogen) atoms. The van der Waals surface area contributed by atoms with Crippen LogP contribution in [0.4, 0.5) is 5.69 Å². The van der Waals surface area contributed by atoms with Gasteiger partial charge >= 0.3 is 5.97 Å². The molecule has 0 aliphatic heterocycles. The molecule has 2 N–H and O–H groups in total. The van der Waals surface area contributed by atoms with Gasteiger partial charge in [0.2, 0.25) is 0 Å². The van der Waals surface area contributed by atoms with Crippen molar-refractivity contribution < 1.29 is 14.6 Å². The molecule has 118 valence electrons. The van der Waals surface area contributed by atoms with E-state index in [1.165, 1.54) is 6.20 Å². The zero-order chi connectivity index (χ0) is 16.3. The Morgan fingerprint density at radius 1 is 1.45 bits per heavy atom. The molecule has 0 radical (unpaired) electrons. The van der Waals surface area contributed by atoms with Crippen LogP contribution in [-0.2, 0) is 4.74 Å². The molecule has 2 rings (SSSR count). The van der Waals surface area contributed by atoms with E-state index in [4.69, 9.17) is 27.9 Å². The number of rotatable bonds is 5. The van der Waals surface area contributed by atoms with Crippen molar-refractivity contribution in [3.05, 3.63) is 33.9 Å². The van der Waals surface area contributed by atoms with Crippen molar-refractivity contribution in [2.75, 3.05) is 18.5 Å². The number of halogens is 2. The average Bonchev–Trinajstić information content (AvgIpc) is 2.44. The molecule has 0 saturated carbocycles. The highest BCUT2D eigenvalue weighted by Gasteiger charge is 2.18. The summed E-state index contributed by atoms with van der Waals surface area (Å²) in [5.41, 5.74) is 1.29. The Morgan fingerprint density at radius 2 is 2.18 bits per heavy atom. The van der Waals surface area contributed by atoms with Gasteiger partial charge in [-0.15, -0.1) is 0 Å². The van der Waals surface area contributed by atoms with Crippen LogP contribution in [0.25, 0.3) is 10.9 Å².